The van der Waals surface area contributed by atoms with Crippen molar-refractivity contribution < 1.29 is 4.92 Å². The van der Waals surface area contributed by atoms with Gasteiger partial charge in [0.15, 0.2) is 5.11 Å². The molecule has 0 aliphatic heterocycles. The SMILES string of the molecule is O=[N+]([O-])c1ccc(NC(=S)N[C@@H]2CCCc3ccccc32)cc1. The maximum absolute atomic E-state index is 10.7. The number of thiocarbonyl (C=S) groups is 1. The molecule has 23 heavy (non-hydrogen) atoms. The van der Waals surface area contributed by atoms with Crippen LogP contribution in [0.15, 0.2) is 48.5 Å². The number of hydrogen-bond acceptors (Lipinski definition) is 3. The Labute approximate surface area is 139 Å². The fraction of sp³-hybridized carbons (Fsp3) is 0.235. The lowest BCUT2D eigenvalue weighted by Crippen LogP contribution is -2.34. The van der Waals surface area contributed by atoms with E-state index in [0.29, 0.717) is 5.11 Å². The Kier molecular flexibility index (Phi) is 4.52. The number of benzene rings is 2. The van der Waals surface area contributed by atoms with Crippen molar-refractivity contribution in [3.05, 3.63) is 69.8 Å². The van der Waals surface area contributed by atoms with Crippen LogP contribution in [-0.2, 0) is 6.42 Å². The minimum atomic E-state index is -0.417. The third-order valence-electron chi connectivity index (χ3n) is 4.01. The first kappa shape index (κ1) is 15.4. The van der Waals surface area contributed by atoms with E-state index in [2.05, 4.69) is 28.8 Å². The highest BCUT2D eigenvalue weighted by Gasteiger charge is 2.20. The van der Waals surface area contributed by atoms with E-state index in [0.717, 1.165) is 24.9 Å². The number of rotatable bonds is 3. The smallest absolute Gasteiger partial charge is 0.269 e. The quantitative estimate of drug-likeness (QED) is 0.507. The number of fused-ring (bicyclic) bond motifs is 1. The van der Waals surface area contributed by atoms with Gasteiger partial charge in [0.1, 0.15) is 0 Å². The van der Waals surface area contributed by atoms with Gasteiger partial charge in [0.2, 0.25) is 0 Å². The average molecular weight is 327 g/mol. The van der Waals surface area contributed by atoms with Gasteiger partial charge in [0, 0.05) is 17.8 Å². The van der Waals surface area contributed by atoms with Gasteiger partial charge >= 0.3 is 0 Å². The zero-order valence-corrected chi connectivity index (χ0v) is 13.3. The Bertz CT molecular complexity index is 731. The molecule has 5 nitrogen and oxygen atoms in total. The molecular formula is C17H17N3O2S. The van der Waals surface area contributed by atoms with Gasteiger partial charge in [0.05, 0.1) is 11.0 Å². The van der Waals surface area contributed by atoms with Crippen LogP contribution in [0.4, 0.5) is 11.4 Å². The fourth-order valence-electron chi connectivity index (χ4n) is 2.90. The molecule has 0 aromatic heterocycles. The number of nitro benzene ring substituents is 1. The number of nitro groups is 1. The van der Waals surface area contributed by atoms with Crippen molar-refractivity contribution in [3.8, 4) is 0 Å². The summed E-state index contributed by atoms with van der Waals surface area (Å²) >= 11 is 5.37. The first-order valence-corrected chi connectivity index (χ1v) is 7.94. The number of aryl methyl sites for hydroxylation is 1. The molecule has 0 radical (unpaired) electrons. The molecule has 0 saturated heterocycles. The number of hydrogen-bond donors (Lipinski definition) is 2. The van der Waals surface area contributed by atoms with E-state index in [1.54, 1.807) is 12.1 Å². The summed E-state index contributed by atoms with van der Waals surface area (Å²) in [7, 11) is 0. The molecule has 1 aliphatic carbocycles. The Hall–Kier alpha value is -2.47. The average Bonchev–Trinajstić information content (AvgIpc) is 2.55. The van der Waals surface area contributed by atoms with E-state index in [4.69, 9.17) is 12.2 Å². The lowest BCUT2D eigenvalue weighted by atomic mass is 9.88. The second-order valence-electron chi connectivity index (χ2n) is 5.55. The van der Waals surface area contributed by atoms with E-state index < -0.39 is 4.92 Å². The molecule has 6 heteroatoms. The number of nitrogens with one attached hydrogen (secondary N) is 2. The maximum atomic E-state index is 10.7. The molecule has 2 aromatic rings. The summed E-state index contributed by atoms with van der Waals surface area (Å²) in [6.07, 6.45) is 3.28. The molecule has 0 unspecified atom stereocenters. The van der Waals surface area contributed by atoms with Gasteiger partial charge in [0.25, 0.3) is 5.69 Å². The lowest BCUT2D eigenvalue weighted by Gasteiger charge is -2.27. The monoisotopic (exact) mass is 327 g/mol. The molecule has 2 N–H and O–H groups in total. The maximum Gasteiger partial charge on any atom is 0.269 e. The predicted molar refractivity (Wildman–Crippen MR) is 94.6 cm³/mol. The highest BCUT2D eigenvalue weighted by molar-refractivity contribution is 7.80. The van der Waals surface area contributed by atoms with Crippen LogP contribution in [0.2, 0.25) is 0 Å². The summed E-state index contributed by atoms with van der Waals surface area (Å²) < 4.78 is 0. The summed E-state index contributed by atoms with van der Waals surface area (Å²) in [4.78, 5) is 10.2. The molecule has 0 saturated carbocycles. The van der Waals surface area contributed by atoms with Gasteiger partial charge in [-0.15, -0.1) is 0 Å². The Balaban J connectivity index is 1.65. The van der Waals surface area contributed by atoms with Crippen molar-refractivity contribution in [2.24, 2.45) is 0 Å². The third-order valence-corrected chi connectivity index (χ3v) is 4.23. The van der Waals surface area contributed by atoms with E-state index in [1.165, 1.54) is 23.3 Å². The minimum Gasteiger partial charge on any atom is -0.356 e. The molecule has 2 aromatic carbocycles. The van der Waals surface area contributed by atoms with Gasteiger partial charge in [-0.2, -0.15) is 0 Å². The highest BCUT2D eigenvalue weighted by atomic mass is 32.1. The Morgan fingerprint density at radius 2 is 1.91 bits per heavy atom. The van der Waals surface area contributed by atoms with Crippen molar-refractivity contribution in [3.63, 3.8) is 0 Å². The molecule has 3 rings (SSSR count). The van der Waals surface area contributed by atoms with Crippen LogP contribution >= 0.6 is 12.2 Å². The molecule has 0 bridgehead atoms. The van der Waals surface area contributed by atoms with E-state index >= 15 is 0 Å². The van der Waals surface area contributed by atoms with Gasteiger partial charge in [-0.25, -0.2) is 0 Å². The molecule has 1 aliphatic rings. The highest BCUT2D eigenvalue weighted by Crippen LogP contribution is 2.29. The Morgan fingerprint density at radius 1 is 1.17 bits per heavy atom. The van der Waals surface area contributed by atoms with E-state index in [9.17, 15) is 10.1 Å². The Morgan fingerprint density at radius 3 is 2.65 bits per heavy atom. The number of nitrogens with zero attached hydrogens (tertiary/aromatic N) is 1. The van der Waals surface area contributed by atoms with Crippen LogP contribution in [0.25, 0.3) is 0 Å². The van der Waals surface area contributed by atoms with Crippen LogP contribution in [0.3, 0.4) is 0 Å². The number of anilines is 1. The van der Waals surface area contributed by atoms with Gasteiger partial charge < -0.3 is 10.6 Å². The zero-order valence-electron chi connectivity index (χ0n) is 12.5. The second kappa shape index (κ2) is 6.75. The summed E-state index contributed by atoms with van der Waals surface area (Å²) in [5.41, 5.74) is 3.47. The van der Waals surface area contributed by atoms with Crippen molar-refractivity contribution in [1.29, 1.82) is 0 Å². The lowest BCUT2D eigenvalue weighted by molar-refractivity contribution is -0.384. The largest absolute Gasteiger partial charge is 0.356 e. The molecule has 0 amide bonds. The van der Waals surface area contributed by atoms with Gasteiger partial charge in [-0.3, -0.25) is 10.1 Å². The van der Waals surface area contributed by atoms with Crippen molar-refractivity contribution in [2.75, 3.05) is 5.32 Å². The molecule has 0 heterocycles. The summed E-state index contributed by atoms with van der Waals surface area (Å²) in [5.74, 6) is 0. The summed E-state index contributed by atoms with van der Waals surface area (Å²) in [6, 6.07) is 14.8. The molecule has 0 spiro atoms. The van der Waals surface area contributed by atoms with Crippen LogP contribution in [-0.4, -0.2) is 10.0 Å². The molecule has 118 valence electrons. The van der Waals surface area contributed by atoms with Crippen LogP contribution in [0, 0.1) is 10.1 Å². The van der Waals surface area contributed by atoms with E-state index in [-0.39, 0.29) is 11.7 Å². The zero-order chi connectivity index (χ0) is 16.2. The predicted octanol–water partition coefficient (Wildman–Crippen LogP) is 3.96. The van der Waals surface area contributed by atoms with Crippen molar-refractivity contribution in [1.82, 2.24) is 5.32 Å². The summed E-state index contributed by atoms with van der Waals surface area (Å²) in [6.45, 7) is 0. The van der Waals surface area contributed by atoms with Crippen LogP contribution in [0.1, 0.15) is 30.0 Å². The van der Waals surface area contributed by atoms with E-state index in [1.807, 2.05) is 6.07 Å². The first-order valence-electron chi connectivity index (χ1n) is 7.53. The van der Waals surface area contributed by atoms with Gasteiger partial charge in [-0.1, -0.05) is 24.3 Å². The summed E-state index contributed by atoms with van der Waals surface area (Å²) in [5, 5.41) is 17.6. The topological polar surface area (TPSA) is 67.2 Å². The van der Waals surface area contributed by atoms with Crippen molar-refractivity contribution >= 4 is 28.7 Å². The van der Waals surface area contributed by atoms with Gasteiger partial charge in [-0.05, 0) is 54.7 Å². The molecule has 0 fully saturated rings. The second-order valence-corrected chi connectivity index (χ2v) is 5.95. The number of non-ortho nitro benzene ring substituents is 1. The standard InChI is InChI=1S/C17H17N3O2S/c21-20(22)14-10-8-13(9-11-14)18-17(23)19-16-7-3-5-12-4-1-2-6-15(12)16/h1-2,4,6,8-11,16H,3,5,7H2,(H2,18,19,23)/t16-/m1/s1. The third kappa shape index (κ3) is 3.65. The minimum absolute atomic E-state index is 0.0654. The van der Waals surface area contributed by atoms with Crippen LogP contribution < -0.4 is 10.6 Å². The van der Waals surface area contributed by atoms with Crippen molar-refractivity contribution in [2.45, 2.75) is 25.3 Å². The van der Waals surface area contributed by atoms with Crippen LogP contribution in [0.5, 0.6) is 0 Å². The normalized spacial score (nSPS) is 16.3. The molecular weight excluding hydrogens is 310 g/mol. The molecule has 1 atom stereocenters. The first-order chi connectivity index (χ1) is 11.1. The fourth-order valence-corrected chi connectivity index (χ4v) is 3.16.